The monoisotopic (exact) mass is 128 g/mol. The second-order valence-electron chi connectivity index (χ2n) is 1.94. The maximum atomic E-state index is 10.3. The highest BCUT2D eigenvalue weighted by atomic mass is 16.1. The Kier molecular flexibility index (Phi) is 3.51. The Labute approximate surface area is 54.7 Å². The molecule has 0 aliphatic rings. The van der Waals surface area contributed by atoms with Gasteiger partial charge in [-0.2, -0.15) is 0 Å². The van der Waals surface area contributed by atoms with Gasteiger partial charge in [-0.3, -0.25) is 0 Å². The first-order valence-corrected chi connectivity index (χ1v) is 2.82. The van der Waals surface area contributed by atoms with Crippen molar-refractivity contribution in [1.29, 1.82) is 0 Å². The van der Waals surface area contributed by atoms with Crippen molar-refractivity contribution in [2.24, 2.45) is 11.5 Å². The van der Waals surface area contributed by atoms with Crippen molar-refractivity contribution in [3.63, 3.8) is 0 Å². The third-order valence-corrected chi connectivity index (χ3v) is 0.980. The van der Waals surface area contributed by atoms with Crippen LogP contribution in [0.5, 0.6) is 0 Å². The first-order valence-electron chi connectivity index (χ1n) is 2.82. The van der Waals surface area contributed by atoms with Gasteiger partial charge in [0, 0.05) is 18.3 Å². The summed E-state index contributed by atoms with van der Waals surface area (Å²) < 4.78 is 0. The smallest absolute Gasteiger partial charge is 0.130 e. The molecule has 0 spiro atoms. The zero-order valence-electron chi connectivity index (χ0n) is 5.55. The van der Waals surface area contributed by atoms with E-state index in [0.29, 0.717) is 18.5 Å². The molecule has 9 heavy (non-hydrogen) atoms. The van der Waals surface area contributed by atoms with E-state index in [4.69, 9.17) is 11.5 Å². The minimum atomic E-state index is 0.139. The summed E-state index contributed by atoms with van der Waals surface area (Å²) >= 11 is 0. The Hall–Kier alpha value is -0.990. The molecule has 0 atom stereocenters. The molecule has 0 aromatic carbocycles. The van der Waals surface area contributed by atoms with E-state index in [0.717, 1.165) is 0 Å². The fraction of sp³-hybridized carbons (Fsp3) is 0.500. The standard InChI is InChI=1S/C6H12N2O/c1-5(9)2-3-6(8)4-7/h4H,2-3,7-8H2,1H3/b6-4-. The second kappa shape index (κ2) is 3.95. The summed E-state index contributed by atoms with van der Waals surface area (Å²) in [6, 6.07) is 0. The van der Waals surface area contributed by atoms with Crippen LogP contribution >= 0.6 is 0 Å². The largest absolute Gasteiger partial charge is 0.403 e. The maximum absolute atomic E-state index is 10.3. The number of rotatable bonds is 3. The SMILES string of the molecule is CC(=O)CC/C(N)=C/N. The Balaban J connectivity index is 3.39. The molecule has 0 radical (unpaired) electrons. The summed E-state index contributed by atoms with van der Waals surface area (Å²) in [7, 11) is 0. The van der Waals surface area contributed by atoms with Crippen LogP contribution in [0.4, 0.5) is 0 Å². The van der Waals surface area contributed by atoms with E-state index in [1.54, 1.807) is 0 Å². The number of hydrogen-bond donors (Lipinski definition) is 2. The molecule has 0 saturated heterocycles. The van der Waals surface area contributed by atoms with E-state index in [1.165, 1.54) is 13.1 Å². The van der Waals surface area contributed by atoms with Gasteiger partial charge in [-0.1, -0.05) is 0 Å². The van der Waals surface area contributed by atoms with Crippen molar-refractivity contribution in [1.82, 2.24) is 0 Å². The second-order valence-corrected chi connectivity index (χ2v) is 1.94. The van der Waals surface area contributed by atoms with Crippen molar-refractivity contribution in [3.05, 3.63) is 11.9 Å². The molecule has 0 unspecified atom stereocenters. The van der Waals surface area contributed by atoms with Gasteiger partial charge < -0.3 is 16.3 Å². The van der Waals surface area contributed by atoms with Crippen LogP contribution in [0.2, 0.25) is 0 Å². The highest BCUT2D eigenvalue weighted by Gasteiger charge is 1.93. The lowest BCUT2D eigenvalue weighted by Crippen LogP contribution is -2.02. The number of hydrogen-bond acceptors (Lipinski definition) is 3. The zero-order chi connectivity index (χ0) is 7.28. The van der Waals surface area contributed by atoms with Crippen LogP contribution in [0.1, 0.15) is 19.8 Å². The van der Waals surface area contributed by atoms with Gasteiger partial charge in [-0.15, -0.1) is 0 Å². The molecule has 3 heteroatoms. The highest BCUT2D eigenvalue weighted by molar-refractivity contribution is 5.75. The topological polar surface area (TPSA) is 69.1 Å². The number of ketones is 1. The summed E-state index contributed by atoms with van der Waals surface area (Å²) in [6.45, 7) is 1.53. The molecule has 3 nitrogen and oxygen atoms in total. The van der Waals surface area contributed by atoms with Gasteiger partial charge in [0.2, 0.25) is 0 Å². The molecule has 0 heterocycles. The fourth-order valence-corrected chi connectivity index (χ4v) is 0.404. The number of carbonyl (C=O) groups is 1. The van der Waals surface area contributed by atoms with Crippen molar-refractivity contribution in [2.75, 3.05) is 0 Å². The van der Waals surface area contributed by atoms with Crippen molar-refractivity contribution in [2.45, 2.75) is 19.8 Å². The lowest BCUT2D eigenvalue weighted by atomic mass is 10.2. The van der Waals surface area contributed by atoms with E-state index in [-0.39, 0.29) is 5.78 Å². The molecule has 4 N–H and O–H groups in total. The van der Waals surface area contributed by atoms with Crippen LogP contribution in [-0.4, -0.2) is 5.78 Å². The average Bonchev–Trinajstić information content (AvgIpc) is 1.83. The van der Waals surface area contributed by atoms with Crippen molar-refractivity contribution < 1.29 is 4.79 Å². The van der Waals surface area contributed by atoms with Gasteiger partial charge in [0.25, 0.3) is 0 Å². The number of allylic oxidation sites excluding steroid dienone is 1. The van der Waals surface area contributed by atoms with Crippen LogP contribution in [0, 0.1) is 0 Å². The summed E-state index contributed by atoms with van der Waals surface area (Å²) in [5.41, 5.74) is 10.9. The number of Topliss-reactive ketones (excluding diaryl/α,β-unsaturated/α-hetero) is 1. The molecule has 0 aliphatic carbocycles. The summed E-state index contributed by atoms with van der Waals surface area (Å²) in [5, 5.41) is 0. The predicted octanol–water partition coefficient (Wildman–Crippen LogP) is 0.114. The number of nitrogens with two attached hydrogens (primary N) is 2. The first-order chi connectivity index (χ1) is 4.16. The molecule has 0 aromatic heterocycles. The molecule has 0 aromatic rings. The lowest BCUT2D eigenvalue weighted by Gasteiger charge is -1.94. The number of carbonyl (C=O) groups excluding carboxylic acids is 1. The molecular formula is C6H12N2O. The molecule has 52 valence electrons. The fourth-order valence-electron chi connectivity index (χ4n) is 0.404. The normalized spacial score (nSPS) is 11.4. The Bertz CT molecular complexity index is 129. The quantitative estimate of drug-likeness (QED) is 0.567. The summed E-state index contributed by atoms with van der Waals surface area (Å²) in [6.07, 6.45) is 2.38. The lowest BCUT2D eigenvalue weighted by molar-refractivity contribution is -0.116. The third kappa shape index (κ3) is 4.87. The van der Waals surface area contributed by atoms with E-state index in [2.05, 4.69) is 0 Å². The van der Waals surface area contributed by atoms with Crippen LogP contribution in [-0.2, 0) is 4.79 Å². The van der Waals surface area contributed by atoms with Gasteiger partial charge in [0.05, 0.1) is 0 Å². The van der Waals surface area contributed by atoms with Crippen molar-refractivity contribution >= 4 is 5.78 Å². The van der Waals surface area contributed by atoms with Crippen LogP contribution in [0.15, 0.2) is 11.9 Å². The van der Waals surface area contributed by atoms with Crippen molar-refractivity contribution in [3.8, 4) is 0 Å². The minimum Gasteiger partial charge on any atom is -0.403 e. The first kappa shape index (κ1) is 8.01. The maximum Gasteiger partial charge on any atom is 0.130 e. The van der Waals surface area contributed by atoms with Gasteiger partial charge >= 0.3 is 0 Å². The van der Waals surface area contributed by atoms with Crippen LogP contribution in [0.25, 0.3) is 0 Å². The predicted molar refractivity (Wildman–Crippen MR) is 36.4 cm³/mol. The molecule has 0 rings (SSSR count). The Morgan fingerprint density at radius 3 is 2.44 bits per heavy atom. The van der Waals surface area contributed by atoms with E-state index in [1.807, 2.05) is 0 Å². The van der Waals surface area contributed by atoms with Crippen LogP contribution in [0.3, 0.4) is 0 Å². The van der Waals surface area contributed by atoms with Gasteiger partial charge in [0.1, 0.15) is 5.78 Å². The van der Waals surface area contributed by atoms with Crippen LogP contribution < -0.4 is 11.5 Å². The minimum absolute atomic E-state index is 0.139. The Morgan fingerprint density at radius 1 is 1.56 bits per heavy atom. The average molecular weight is 128 g/mol. The zero-order valence-corrected chi connectivity index (χ0v) is 5.55. The molecule has 0 bridgehead atoms. The third-order valence-electron chi connectivity index (χ3n) is 0.980. The molecule has 0 amide bonds. The molecular weight excluding hydrogens is 116 g/mol. The van der Waals surface area contributed by atoms with E-state index < -0.39 is 0 Å². The highest BCUT2D eigenvalue weighted by Crippen LogP contribution is 1.95. The van der Waals surface area contributed by atoms with Gasteiger partial charge in [-0.05, 0) is 13.3 Å². The Morgan fingerprint density at radius 2 is 2.11 bits per heavy atom. The van der Waals surface area contributed by atoms with Gasteiger partial charge in [0.15, 0.2) is 0 Å². The van der Waals surface area contributed by atoms with E-state index >= 15 is 0 Å². The van der Waals surface area contributed by atoms with Gasteiger partial charge in [-0.25, -0.2) is 0 Å². The summed E-state index contributed by atoms with van der Waals surface area (Å²) in [5.74, 6) is 0.139. The summed E-state index contributed by atoms with van der Waals surface area (Å²) in [4.78, 5) is 10.3. The molecule has 0 aliphatic heterocycles. The van der Waals surface area contributed by atoms with E-state index in [9.17, 15) is 4.79 Å². The molecule has 0 saturated carbocycles. The molecule has 0 fully saturated rings.